The molecule has 62 valence electrons. The van der Waals surface area contributed by atoms with Gasteiger partial charge in [-0.2, -0.15) is 0 Å². The van der Waals surface area contributed by atoms with E-state index in [4.69, 9.17) is 44.6 Å². The maximum atomic E-state index is 8.94. The molecule has 2 nitrogen and oxygen atoms in total. The van der Waals surface area contributed by atoms with Gasteiger partial charge in [-0.3, -0.25) is 0 Å². The van der Waals surface area contributed by atoms with Crippen molar-refractivity contribution in [3.63, 3.8) is 0 Å². The first-order chi connectivity index (χ1) is 4.34. The van der Waals surface area contributed by atoms with Crippen LogP contribution < -0.4 is 0 Å². The zero-order valence-electron chi connectivity index (χ0n) is 5.64. The van der Waals surface area contributed by atoms with Crippen molar-refractivity contribution in [2.45, 2.75) is 30.0 Å². The highest BCUT2D eigenvalue weighted by Gasteiger charge is 2.32. The second kappa shape index (κ2) is 3.98. The van der Waals surface area contributed by atoms with Gasteiger partial charge in [0.05, 0.1) is 6.10 Å². The van der Waals surface area contributed by atoms with Crippen LogP contribution in [0.1, 0.15) is 13.8 Å². The van der Waals surface area contributed by atoms with Gasteiger partial charge < -0.3 is 9.84 Å². The minimum atomic E-state index is -1.76. The molecule has 10 heavy (non-hydrogen) atoms. The summed E-state index contributed by atoms with van der Waals surface area (Å²) in [6.45, 7) is 3.47. The summed E-state index contributed by atoms with van der Waals surface area (Å²) in [6.07, 6.45) is -1.52. The Kier molecular flexibility index (Phi) is 4.29. The quantitative estimate of drug-likeness (QED) is 0.555. The maximum absolute atomic E-state index is 8.94. The van der Waals surface area contributed by atoms with Crippen LogP contribution >= 0.6 is 34.8 Å². The molecule has 0 aromatic heterocycles. The summed E-state index contributed by atoms with van der Waals surface area (Å²) in [6, 6.07) is 0. The molecular formula is C5H9Cl3O2. The lowest BCUT2D eigenvalue weighted by atomic mass is 10.5. The summed E-state index contributed by atoms with van der Waals surface area (Å²) in [7, 11) is 0. The standard InChI is InChI=1S/C5H9Cl3O2/c1-3(2)10-4(9)5(6,7)8/h3-4,9H,1-2H3. The van der Waals surface area contributed by atoms with Gasteiger partial charge in [-0.25, -0.2) is 0 Å². The van der Waals surface area contributed by atoms with Crippen LogP contribution in [0, 0.1) is 0 Å². The van der Waals surface area contributed by atoms with E-state index < -0.39 is 10.1 Å². The van der Waals surface area contributed by atoms with Gasteiger partial charge in [0, 0.05) is 0 Å². The van der Waals surface area contributed by atoms with Crippen LogP contribution in [0.2, 0.25) is 0 Å². The number of halogens is 3. The number of aliphatic hydroxyl groups is 1. The molecule has 0 aliphatic carbocycles. The third-order valence-corrected chi connectivity index (χ3v) is 1.24. The van der Waals surface area contributed by atoms with E-state index in [9.17, 15) is 0 Å². The van der Waals surface area contributed by atoms with Gasteiger partial charge in [-0.15, -0.1) is 0 Å². The van der Waals surface area contributed by atoms with Crippen LogP contribution in [0.3, 0.4) is 0 Å². The van der Waals surface area contributed by atoms with Gasteiger partial charge in [0.15, 0.2) is 0 Å². The van der Waals surface area contributed by atoms with E-state index in [0.29, 0.717) is 0 Å². The first kappa shape index (κ1) is 10.8. The first-order valence-electron chi connectivity index (χ1n) is 2.74. The van der Waals surface area contributed by atoms with Crippen molar-refractivity contribution in [1.82, 2.24) is 0 Å². The van der Waals surface area contributed by atoms with Crippen LogP contribution in [-0.4, -0.2) is 21.3 Å². The Morgan fingerprint density at radius 3 is 1.80 bits per heavy atom. The Labute approximate surface area is 75.0 Å². The van der Waals surface area contributed by atoms with Crippen molar-refractivity contribution in [2.75, 3.05) is 0 Å². The number of rotatable bonds is 2. The van der Waals surface area contributed by atoms with Gasteiger partial charge in [0.2, 0.25) is 10.1 Å². The Hall–Kier alpha value is 0.790. The fraction of sp³-hybridized carbons (Fsp3) is 1.00. The minimum Gasteiger partial charge on any atom is -0.365 e. The van der Waals surface area contributed by atoms with Crippen LogP contribution in [0.15, 0.2) is 0 Å². The molecule has 0 rings (SSSR count). The molecule has 0 spiro atoms. The molecular weight excluding hydrogens is 198 g/mol. The van der Waals surface area contributed by atoms with Gasteiger partial charge in [-0.05, 0) is 13.8 Å². The van der Waals surface area contributed by atoms with Crippen molar-refractivity contribution in [2.24, 2.45) is 0 Å². The smallest absolute Gasteiger partial charge is 0.240 e. The lowest BCUT2D eigenvalue weighted by Crippen LogP contribution is -2.30. The SMILES string of the molecule is CC(C)OC(O)C(Cl)(Cl)Cl. The lowest BCUT2D eigenvalue weighted by Gasteiger charge is -2.20. The van der Waals surface area contributed by atoms with Gasteiger partial charge >= 0.3 is 0 Å². The molecule has 0 bridgehead atoms. The normalized spacial score (nSPS) is 15.9. The van der Waals surface area contributed by atoms with Gasteiger partial charge in [0.1, 0.15) is 0 Å². The Morgan fingerprint density at radius 1 is 1.30 bits per heavy atom. The van der Waals surface area contributed by atoms with E-state index in [2.05, 4.69) is 0 Å². The molecule has 0 saturated heterocycles. The van der Waals surface area contributed by atoms with E-state index in [-0.39, 0.29) is 6.10 Å². The van der Waals surface area contributed by atoms with Crippen molar-refractivity contribution in [3.05, 3.63) is 0 Å². The maximum Gasteiger partial charge on any atom is 0.240 e. The van der Waals surface area contributed by atoms with Crippen LogP contribution in [-0.2, 0) is 4.74 Å². The zero-order chi connectivity index (χ0) is 8.36. The predicted octanol–water partition coefficient (Wildman–Crippen LogP) is 2.10. The topological polar surface area (TPSA) is 29.5 Å². The number of ether oxygens (including phenoxy) is 1. The first-order valence-corrected chi connectivity index (χ1v) is 3.87. The monoisotopic (exact) mass is 206 g/mol. The highest BCUT2D eigenvalue weighted by atomic mass is 35.6. The molecule has 0 aromatic carbocycles. The Morgan fingerprint density at radius 2 is 1.70 bits per heavy atom. The van der Waals surface area contributed by atoms with Gasteiger partial charge in [-0.1, -0.05) is 34.8 Å². The molecule has 5 heteroatoms. The van der Waals surface area contributed by atoms with Crippen LogP contribution in [0.25, 0.3) is 0 Å². The number of alkyl halides is 3. The molecule has 1 atom stereocenters. The van der Waals surface area contributed by atoms with E-state index in [1.54, 1.807) is 13.8 Å². The molecule has 1 N–H and O–H groups in total. The fourth-order valence-corrected chi connectivity index (χ4v) is 0.489. The summed E-state index contributed by atoms with van der Waals surface area (Å²) < 4.78 is 3.01. The minimum absolute atomic E-state index is 0.161. The molecule has 0 aliphatic rings. The molecule has 0 heterocycles. The van der Waals surface area contributed by atoms with Crippen molar-refractivity contribution in [3.8, 4) is 0 Å². The summed E-state index contributed by atoms with van der Waals surface area (Å²) in [5.74, 6) is 0. The average molecular weight is 207 g/mol. The second-order valence-electron chi connectivity index (χ2n) is 2.08. The average Bonchev–Trinajstić information content (AvgIpc) is 1.60. The highest BCUT2D eigenvalue weighted by molar-refractivity contribution is 6.67. The third kappa shape index (κ3) is 4.58. The summed E-state index contributed by atoms with van der Waals surface area (Å²) in [5, 5.41) is 8.94. The van der Waals surface area contributed by atoms with Crippen LogP contribution in [0.4, 0.5) is 0 Å². The van der Waals surface area contributed by atoms with Crippen molar-refractivity contribution < 1.29 is 9.84 Å². The van der Waals surface area contributed by atoms with E-state index in [1.165, 1.54) is 0 Å². The number of aliphatic hydroxyl groups excluding tert-OH is 1. The number of hydrogen-bond acceptors (Lipinski definition) is 2. The third-order valence-electron chi connectivity index (χ3n) is 0.681. The molecule has 0 aliphatic heterocycles. The van der Waals surface area contributed by atoms with Gasteiger partial charge in [0.25, 0.3) is 0 Å². The van der Waals surface area contributed by atoms with E-state index >= 15 is 0 Å². The molecule has 0 aromatic rings. The predicted molar refractivity (Wildman–Crippen MR) is 42.5 cm³/mol. The second-order valence-corrected chi connectivity index (χ2v) is 4.45. The fourth-order valence-electron chi connectivity index (χ4n) is 0.335. The largest absolute Gasteiger partial charge is 0.365 e. The summed E-state index contributed by atoms with van der Waals surface area (Å²) in [5.41, 5.74) is 0. The molecule has 0 fully saturated rings. The Bertz CT molecular complexity index is 99.6. The molecule has 0 amide bonds. The van der Waals surface area contributed by atoms with Crippen molar-refractivity contribution in [1.29, 1.82) is 0 Å². The highest BCUT2D eigenvalue weighted by Crippen LogP contribution is 2.31. The summed E-state index contributed by atoms with van der Waals surface area (Å²) >= 11 is 15.9. The molecule has 1 unspecified atom stereocenters. The summed E-state index contributed by atoms with van der Waals surface area (Å²) in [4.78, 5) is 0. The van der Waals surface area contributed by atoms with Crippen molar-refractivity contribution >= 4 is 34.8 Å². The Balaban J connectivity index is 3.73. The zero-order valence-corrected chi connectivity index (χ0v) is 7.91. The molecule has 0 saturated carbocycles. The lowest BCUT2D eigenvalue weighted by molar-refractivity contribution is -0.121. The molecule has 0 radical (unpaired) electrons. The number of hydrogen-bond donors (Lipinski definition) is 1. The van der Waals surface area contributed by atoms with Crippen LogP contribution in [0.5, 0.6) is 0 Å². The van der Waals surface area contributed by atoms with E-state index in [1.807, 2.05) is 0 Å². The van der Waals surface area contributed by atoms with E-state index in [0.717, 1.165) is 0 Å².